The zero-order valence-electron chi connectivity index (χ0n) is 9.21. The predicted molar refractivity (Wildman–Crippen MR) is 59.2 cm³/mol. The number of nitrogens with zero attached hydrogens (tertiary/aromatic N) is 2. The van der Waals surface area contributed by atoms with Gasteiger partial charge in [0.05, 0.1) is 7.11 Å². The van der Waals surface area contributed by atoms with E-state index in [1.54, 1.807) is 31.4 Å². The molecule has 1 amide bonds. The van der Waals surface area contributed by atoms with E-state index in [-0.39, 0.29) is 12.3 Å². The second-order valence-electron chi connectivity index (χ2n) is 3.37. The van der Waals surface area contributed by atoms with E-state index in [4.69, 9.17) is 14.9 Å². The Bertz CT molecular complexity index is 519. The predicted octanol–water partition coefficient (Wildman–Crippen LogP) is 0.773. The summed E-state index contributed by atoms with van der Waals surface area (Å²) < 4.78 is 10.3. The zero-order valence-corrected chi connectivity index (χ0v) is 9.21. The summed E-state index contributed by atoms with van der Waals surface area (Å²) in [5, 5.41) is 7.56. The van der Waals surface area contributed by atoms with Crippen molar-refractivity contribution in [3.8, 4) is 17.2 Å². The molecule has 0 spiro atoms. The monoisotopic (exact) mass is 233 g/mol. The van der Waals surface area contributed by atoms with Gasteiger partial charge < -0.3 is 14.9 Å². The van der Waals surface area contributed by atoms with Gasteiger partial charge >= 0.3 is 0 Å². The van der Waals surface area contributed by atoms with E-state index < -0.39 is 5.91 Å². The SMILES string of the molecule is COc1ccc(-c2nnc(CC(N)=O)o2)cc1. The highest BCUT2D eigenvalue weighted by Gasteiger charge is 2.10. The second kappa shape index (κ2) is 4.65. The number of primary amides is 1. The number of carbonyl (C=O) groups excluding carboxylic acids is 1. The zero-order chi connectivity index (χ0) is 12.3. The third-order valence-corrected chi connectivity index (χ3v) is 2.13. The van der Waals surface area contributed by atoms with Crippen LogP contribution in [0.4, 0.5) is 0 Å². The van der Waals surface area contributed by atoms with Crippen LogP contribution in [0.5, 0.6) is 5.75 Å². The first-order chi connectivity index (χ1) is 8.19. The van der Waals surface area contributed by atoms with E-state index in [1.165, 1.54) is 0 Å². The summed E-state index contributed by atoms with van der Waals surface area (Å²) in [4.78, 5) is 10.7. The molecule has 1 aromatic heterocycles. The Kier molecular flexibility index (Phi) is 3.04. The molecule has 0 bridgehead atoms. The number of nitrogens with two attached hydrogens (primary N) is 1. The lowest BCUT2D eigenvalue weighted by molar-refractivity contribution is -0.117. The van der Waals surface area contributed by atoms with Crippen molar-refractivity contribution >= 4 is 5.91 Å². The lowest BCUT2D eigenvalue weighted by Crippen LogP contribution is -2.13. The Morgan fingerprint density at radius 3 is 2.65 bits per heavy atom. The van der Waals surface area contributed by atoms with Gasteiger partial charge in [-0.25, -0.2) is 0 Å². The van der Waals surface area contributed by atoms with Crippen molar-refractivity contribution in [2.75, 3.05) is 7.11 Å². The van der Waals surface area contributed by atoms with Gasteiger partial charge in [0, 0.05) is 5.56 Å². The summed E-state index contributed by atoms with van der Waals surface area (Å²) in [5.74, 6) is 0.799. The molecule has 6 nitrogen and oxygen atoms in total. The summed E-state index contributed by atoms with van der Waals surface area (Å²) in [7, 11) is 1.59. The number of aromatic nitrogens is 2. The third kappa shape index (κ3) is 2.60. The van der Waals surface area contributed by atoms with Crippen molar-refractivity contribution in [1.82, 2.24) is 10.2 Å². The Balaban J connectivity index is 2.21. The summed E-state index contributed by atoms with van der Waals surface area (Å²) in [6.45, 7) is 0. The Labute approximate surface area is 97.4 Å². The van der Waals surface area contributed by atoms with Gasteiger partial charge in [-0.15, -0.1) is 10.2 Å². The number of hydrogen-bond acceptors (Lipinski definition) is 5. The molecule has 0 radical (unpaired) electrons. The molecule has 0 atom stereocenters. The molecule has 88 valence electrons. The molecule has 0 aliphatic carbocycles. The largest absolute Gasteiger partial charge is 0.497 e. The van der Waals surface area contributed by atoms with Gasteiger partial charge in [-0.1, -0.05) is 0 Å². The minimum Gasteiger partial charge on any atom is -0.497 e. The third-order valence-electron chi connectivity index (χ3n) is 2.13. The highest BCUT2D eigenvalue weighted by molar-refractivity contribution is 5.75. The lowest BCUT2D eigenvalue weighted by atomic mass is 10.2. The fourth-order valence-electron chi connectivity index (χ4n) is 1.32. The second-order valence-corrected chi connectivity index (χ2v) is 3.37. The average Bonchev–Trinajstić information content (AvgIpc) is 2.77. The minimum atomic E-state index is -0.505. The quantitative estimate of drug-likeness (QED) is 0.842. The highest BCUT2D eigenvalue weighted by Crippen LogP contribution is 2.21. The smallest absolute Gasteiger partial charge is 0.247 e. The molecular formula is C11H11N3O3. The van der Waals surface area contributed by atoms with E-state index in [9.17, 15) is 4.79 Å². The van der Waals surface area contributed by atoms with E-state index >= 15 is 0 Å². The lowest BCUT2D eigenvalue weighted by Gasteiger charge is -1.99. The molecular weight excluding hydrogens is 222 g/mol. The Morgan fingerprint density at radius 2 is 2.06 bits per heavy atom. The molecule has 6 heteroatoms. The molecule has 2 aromatic rings. The minimum absolute atomic E-state index is 0.0524. The molecule has 0 unspecified atom stereocenters. The molecule has 0 aliphatic heterocycles. The summed E-state index contributed by atoms with van der Waals surface area (Å²) >= 11 is 0. The van der Waals surface area contributed by atoms with Crippen LogP contribution in [-0.2, 0) is 11.2 Å². The van der Waals surface area contributed by atoms with Crippen LogP contribution in [0.15, 0.2) is 28.7 Å². The van der Waals surface area contributed by atoms with Gasteiger partial charge in [0.1, 0.15) is 12.2 Å². The standard InChI is InChI=1S/C11H11N3O3/c1-16-8-4-2-7(3-5-8)11-14-13-10(17-11)6-9(12)15/h2-5H,6H2,1H3,(H2,12,15). The topological polar surface area (TPSA) is 91.2 Å². The summed E-state index contributed by atoms with van der Waals surface area (Å²) in [6, 6.07) is 7.15. The van der Waals surface area contributed by atoms with Crippen molar-refractivity contribution in [3.63, 3.8) is 0 Å². The van der Waals surface area contributed by atoms with Gasteiger partial charge in [0.25, 0.3) is 0 Å². The van der Waals surface area contributed by atoms with Crippen LogP contribution in [0, 0.1) is 0 Å². The summed E-state index contributed by atoms with van der Waals surface area (Å²) in [5.41, 5.74) is 5.79. The van der Waals surface area contributed by atoms with Crippen LogP contribution in [0.3, 0.4) is 0 Å². The van der Waals surface area contributed by atoms with E-state index in [0.29, 0.717) is 5.89 Å². The van der Waals surface area contributed by atoms with Crippen LogP contribution >= 0.6 is 0 Å². The van der Waals surface area contributed by atoms with Crippen molar-refractivity contribution in [3.05, 3.63) is 30.2 Å². The first-order valence-corrected chi connectivity index (χ1v) is 4.94. The van der Waals surface area contributed by atoms with Gasteiger partial charge in [-0.3, -0.25) is 4.79 Å². The molecule has 0 fully saturated rings. The molecule has 2 N–H and O–H groups in total. The normalized spacial score (nSPS) is 10.2. The maximum atomic E-state index is 10.7. The maximum Gasteiger partial charge on any atom is 0.247 e. The number of hydrogen-bond donors (Lipinski definition) is 1. The van der Waals surface area contributed by atoms with Crippen LogP contribution in [-0.4, -0.2) is 23.2 Å². The van der Waals surface area contributed by atoms with E-state index in [1.807, 2.05) is 0 Å². The first-order valence-electron chi connectivity index (χ1n) is 4.94. The molecule has 0 saturated heterocycles. The van der Waals surface area contributed by atoms with Gasteiger partial charge in [-0.05, 0) is 24.3 Å². The van der Waals surface area contributed by atoms with Crippen LogP contribution in [0.25, 0.3) is 11.5 Å². The van der Waals surface area contributed by atoms with Crippen molar-refractivity contribution in [2.24, 2.45) is 5.73 Å². The number of carbonyl (C=O) groups is 1. The van der Waals surface area contributed by atoms with Gasteiger partial charge in [-0.2, -0.15) is 0 Å². The van der Waals surface area contributed by atoms with Crippen LogP contribution in [0.1, 0.15) is 5.89 Å². The van der Waals surface area contributed by atoms with Crippen molar-refractivity contribution in [2.45, 2.75) is 6.42 Å². The number of amides is 1. The van der Waals surface area contributed by atoms with Crippen LogP contribution in [0.2, 0.25) is 0 Å². The first kappa shape index (κ1) is 11.1. The van der Waals surface area contributed by atoms with Gasteiger partial charge in [0.15, 0.2) is 0 Å². The highest BCUT2D eigenvalue weighted by atomic mass is 16.5. The van der Waals surface area contributed by atoms with Crippen molar-refractivity contribution in [1.29, 1.82) is 0 Å². The van der Waals surface area contributed by atoms with Crippen LogP contribution < -0.4 is 10.5 Å². The van der Waals surface area contributed by atoms with Gasteiger partial charge in [0.2, 0.25) is 17.7 Å². The number of ether oxygens (including phenoxy) is 1. The fraction of sp³-hybridized carbons (Fsp3) is 0.182. The number of methoxy groups -OCH3 is 1. The Morgan fingerprint density at radius 1 is 1.35 bits per heavy atom. The van der Waals surface area contributed by atoms with E-state index in [0.717, 1.165) is 11.3 Å². The fourth-order valence-corrected chi connectivity index (χ4v) is 1.32. The molecule has 1 heterocycles. The Hall–Kier alpha value is -2.37. The summed E-state index contributed by atoms with van der Waals surface area (Å²) in [6.07, 6.45) is -0.0524. The van der Waals surface area contributed by atoms with E-state index in [2.05, 4.69) is 10.2 Å². The molecule has 0 aliphatic rings. The molecule has 1 aromatic carbocycles. The van der Waals surface area contributed by atoms with Crippen molar-refractivity contribution < 1.29 is 13.9 Å². The molecule has 2 rings (SSSR count). The number of rotatable bonds is 4. The maximum absolute atomic E-state index is 10.7. The molecule has 17 heavy (non-hydrogen) atoms. The number of benzene rings is 1. The molecule has 0 saturated carbocycles. The average molecular weight is 233 g/mol.